The maximum absolute atomic E-state index is 13.1. The topological polar surface area (TPSA) is 71.2 Å². The third-order valence-corrected chi connectivity index (χ3v) is 6.56. The Morgan fingerprint density at radius 1 is 1.10 bits per heavy atom. The van der Waals surface area contributed by atoms with Crippen molar-refractivity contribution >= 4 is 22.4 Å². The van der Waals surface area contributed by atoms with E-state index in [4.69, 9.17) is 5.73 Å². The molecule has 148 valence electrons. The van der Waals surface area contributed by atoms with E-state index < -0.39 is 0 Å². The van der Waals surface area contributed by atoms with Gasteiger partial charge in [-0.15, -0.1) is 0 Å². The fourth-order valence-corrected chi connectivity index (χ4v) is 5.02. The van der Waals surface area contributed by atoms with E-state index in [-0.39, 0.29) is 11.9 Å². The Morgan fingerprint density at radius 3 is 2.69 bits per heavy atom. The van der Waals surface area contributed by atoms with Gasteiger partial charge in [-0.2, -0.15) is 0 Å². The molecule has 29 heavy (non-hydrogen) atoms. The highest BCUT2D eigenvalue weighted by Crippen LogP contribution is 2.34. The SMILES string of the molecule is Nc1ccc2cc(C(=O)NC3C4CCN(CC4)C3Cc3cccnc3)ccc2c1. The van der Waals surface area contributed by atoms with Gasteiger partial charge in [0, 0.05) is 35.7 Å². The first-order valence-corrected chi connectivity index (χ1v) is 10.4. The quantitative estimate of drug-likeness (QED) is 0.675. The number of pyridine rings is 1. The largest absolute Gasteiger partial charge is 0.399 e. The summed E-state index contributed by atoms with van der Waals surface area (Å²) in [5, 5.41) is 5.48. The van der Waals surface area contributed by atoms with Crippen LogP contribution < -0.4 is 11.1 Å². The molecular weight excluding hydrogens is 360 g/mol. The molecule has 3 fully saturated rings. The van der Waals surface area contributed by atoms with Crippen molar-refractivity contribution in [2.45, 2.75) is 31.3 Å². The number of nitrogens with two attached hydrogens (primary N) is 1. The first-order valence-electron chi connectivity index (χ1n) is 10.4. The number of fused-ring (bicyclic) bond motifs is 4. The molecule has 1 aromatic heterocycles. The molecule has 4 heterocycles. The molecule has 1 amide bonds. The van der Waals surface area contributed by atoms with E-state index in [0.29, 0.717) is 17.5 Å². The van der Waals surface area contributed by atoms with E-state index in [0.717, 1.165) is 48.8 Å². The molecule has 3 aliphatic rings. The molecule has 2 unspecified atom stereocenters. The highest BCUT2D eigenvalue weighted by molar-refractivity contribution is 5.99. The summed E-state index contributed by atoms with van der Waals surface area (Å²) in [6.07, 6.45) is 6.99. The average Bonchev–Trinajstić information content (AvgIpc) is 2.76. The zero-order chi connectivity index (χ0) is 19.8. The van der Waals surface area contributed by atoms with Crippen LogP contribution in [0.15, 0.2) is 60.9 Å². The zero-order valence-corrected chi connectivity index (χ0v) is 16.4. The lowest BCUT2D eigenvalue weighted by atomic mass is 9.76. The smallest absolute Gasteiger partial charge is 0.251 e. The number of amides is 1. The van der Waals surface area contributed by atoms with Gasteiger partial charge in [-0.3, -0.25) is 14.7 Å². The van der Waals surface area contributed by atoms with Crippen molar-refractivity contribution in [3.8, 4) is 0 Å². The predicted octanol–water partition coefficient (Wildman–Crippen LogP) is 3.25. The third kappa shape index (κ3) is 3.58. The second-order valence-corrected chi connectivity index (χ2v) is 8.33. The van der Waals surface area contributed by atoms with E-state index in [9.17, 15) is 4.79 Å². The lowest BCUT2D eigenvalue weighted by molar-refractivity contribution is 0.0136. The van der Waals surface area contributed by atoms with Crippen LogP contribution in [0.25, 0.3) is 10.8 Å². The number of carbonyl (C=O) groups excluding carboxylic acids is 1. The summed E-state index contributed by atoms with van der Waals surface area (Å²) in [5.41, 5.74) is 8.54. The minimum atomic E-state index is 0.0126. The number of anilines is 1. The standard InChI is InChI=1S/C24H26N4O/c25-21-6-5-18-13-20(4-3-19(18)14-21)24(29)27-23-17-7-10-28(11-8-17)22(23)12-16-2-1-9-26-15-16/h1-6,9,13-15,17,22-23H,7-8,10-12,25H2,(H,27,29). The number of nitrogens with zero attached hydrogens (tertiary/aromatic N) is 2. The fourth-order valence-electron chi connectivity index (χ4n) is 5.02. The van der Waals surface area contributed by atoms with Crippen molar-refractivity contribution in [2.24, 2.45) is 5.92 Å². The molecular formula is C24H26N4O. The Bertz CT molecular complexity index is 1030. The van der Waals surface area contributed by atoms with E-state index in [1.54, 1.807) is 0 Å². The maximum Gasteiger partial charge on any atom is 0.251 e. The molecule has 0 saturated carbocycles. The number of nitrogen functional groups attached to an aromatic ring is 1. The lowest BCUT2D eigenvalue weighted by Gasteiger charge is -2.51. The normalized spacial score (nSPS) is 25.8. The van der Waals surface area contributed by atoms with Crippen molar-refractivity contribution in [3.63, 3.8) is 0 Å². The van der Waals surface area contributed by atoms with Gasteiger partial charge >= 0.3 is 0 Å². The first kappa shape index (κ1) is 18.1. The molecule has 5 nitrogen and oxygen atoms in total. The van der Waals surface area contributed by atoms with E-state index in [1.807, 2.05) is 54.9 Å². The molecule has 3 N–H and O–H groups in total. The summed E-state index contributed by atoms with van der Waals surface area (Å²) in [5.74, 6) is 0.560. The summed E-state index contributed by atoms with van der Waals surface area (Å²) >= 11 is 0. The van der Waals surface area contributed by atoms with Gasteiger partial charge in [-0.1, -0.05) is 18.2 Å². The van der Waals surface area contributed by atoms with Crippen LogP contribution in [-0.2, 0) is 6.42 Å². The molecule has 3 aliphatic heterocycles. The van der Waals surface area contributed by atoms with Gasteiger partial charge in [0.15, 0.2) is 0 Å². The molecule has 6 rings (SSSR count). The Labute approximate surface area is 170 Å². The minimum Gasteiger partial charge on any atom is -0.399 e. The average molecular weight is 386 g/mol. The van der Waals surface area contributed by atoms with Gasteiger partial charge in [0.1, 0.15) is 0 Å². The molecule has 2 bridgehead atoms. The Morgan fingerprint density at radius 2 is 1.90 bits per heavy atom. The summed E-state index contributed by atoms with van der Waals surface area (Å²) in [4.78, 5) is 19.9. The van der Waals surface area contributed by atoms with Crippen LogP contribution in [0.3, 0.4) is 0 Å². The van der Waals surface area contributed by atoms with Crippen molar-refractivity contribution in [1.82, 2.24) is 15.2 Å². The van der Waals surface area contributed by atoms with Crippen LogP contribution in [0, 0.1) is 5.92 Å². The van der Waals surface area contributed by atoms with Gasteiger partial charge in [-0.25, -0.2) is 0 Å². The number of piperidine rings is 3. The summed E-state index contributed by atoms with van der Waals surface area (Å²) in [6, 6.07) is 16.2. The second kappa shape index (κ2) is 7.48. The Balaban J connectivity index is 1.38. The maximum atomic E-state index is 13.1. The molecule has 3 aromatic rings. The predicted molar refractivity (Wildman–Crippen MR) is 116 cm³/mol. The van der Waals surface area contributed by atoms with E-state index >= 15 is 0 Å². The number of hydrogen-bond acceptors (Lipinski definition) is 4. The van der Waals surface area contributed by atoms with E-state index in [2.05, 4.69) is 21.3 Å². The summed E-state index contributed by atoms with van der Waals surface area (Å²) in [6.45, 7) is 2.25. The van der Waals surface area contributed by atoms with Crippen molar-refractivity contribution in [1.29, 1.82) is 0 Å². The van der Waals surface area contributed by atoms with Gasteiger partial charge < -0.3 is 11.1 Å². The van der Waals surface area contributed by atoms with Crippen molar-refractivity contribution in [2.75, 3.05) is 18.8 Å². The van der Waals surface area contributed by atoms with Gasteiger partial charge in [0.2, 0.25) is 0 Å². The Hall–Kier alpha value is -2.92. The molecule has 0 radical (unpaired) electrons. The van der Waals surface area contributed by atoms with Crippen LogP contribution in [0.4, 0.5) is 5.69 Å². The lowest BCUT2D eigenvalue weighted by Crippen LogP contribution is -2.64. The van der Waals surface area contributed by atoms with E-state index in [1.165, 1.54) is 5.56 Å². The highest BCUT2D eigenvalue weighted by atomic mass is 16.1. The van der Waals surface area contributed by atoms with Gasteiger partial charge in [-0.05, 0) is 84.9 Å². The molecule has 0 aliphatic carbocycles. The molecule has 5 heteroatoms. The van der Waals surface area contributed by atoms with Crippen molar-refractivity contribution < 1.29 is 4.79 Å². The highest BCUT2D eigenvalue weighted by Gasteiger charge is 2.42. The minimum absolute atomic E-state index is 0.0126. The van der Waals surface area contributed by atoms with Crippen LogP contribution in [-0.4, -0.2) is 41.0 Å². The van der Waals surface area contributed by atoms with Crippen LogP contribution >= 0.6 is 0 Å². The number of nitrogens with one attached hydrogen (secondary N) is 1. The van der Waals surface area contributed by atoms with Crippen LogP contribution in [0.1, 0.15) is 28.8 Å². The fraction of sp³-hybridized carbons (Fsp3) is 0.333. The second-order valence-electron chi connectivity index (χ2n) is 8.33. The van der Waals surface area contributed by atoms with Gasteiger partial charge in [0.05, 0.1) is 0 Å². The number of rotatable bonds is 4. The number of aromatic nitrogens is 1. The van der Waals surface area contributed by atoms with Crippen LogP contribution in [0.5, 0.6) is 0 Å². The number of hydrogen-bond donors (Lipinski definition) is 2. The number of benzene rings is 2. The molecule has 2 atom stereocenters. The zero-order valence-electron chi connectivity index (χ0n) is 16.4. The third-order valence-electron chi connectivity index (χ3n) is 6.56. The van der Waals surface area contributed by atoms with Gasteiger partial charge in [0.25, 0.3) is 5.91 Å². The number of carbonyl (C=O) groups is 1. The first-order chi connectivity index (χ1) is 14.2. The van der Waals surface area contributed by atoms with Crippen molar-refractivity contribution in [3.05, 3.63) is 72.1 Å². The molecule has 0 spiro atoms. The monoisotopic (exact) mass is 386 g/mol. The summed E-state index contributed by atoms with van der Waals surface area (Å²) in [7, 11) is 0. The molecule has 3 saturated heterocycles. The molecule has 2 aromatic carbocycles. The van der Waals surface area contributed by atoms with Crippen LogP contribution in [0.2, 0.25) is 0 Å². The Kier molecular flexibility index (Phi) is 4.68. The summed E-state index contributed by atoms with van der Waals surface area (Å²) < 4.78 is 0.